The summed E-state index contributed by atoms with van der Waals surface area (Å²) in [7, 11) is 0. The summed E-state index contributed by atoms with van der Waals surface area (Å²) in [6.07, 6.45) is -5.64. The fourth-order valence-electron chi connectivity index (χ4n) is 0.843. The third-order valence-corrected chi connectivity index (χ3v) is 1.37. The lowest BCUT2D eigenvalue weighted by Gasteiger charge is -2.21. The number of halogens is 4. The van der Waals surface area contributed by atoms with Gasteiger partial charge in [0, 0.05) is 5.57 Å². The summed E-state index contributed by atoms with van der Waals surface area (Å²) in [4.78, 5) is 11.5. The van der Waals surface area contributed by atoms with E-state index in [0.717, 1.165) is 0 Å². The van der Waals surface area contributed by atoms with Gasteiger partial charge in [-0.25, -0.2) is 17.6 Å². The Balaban J connectivity index is 4.38. The molecule has 0 N–H and O–H groups in total. The van der Waals surface area contributed by atoms with Gasteiger partial charge < -0.3 is 4.90 Å². The Morgan fingerprint density at radius 1 is 1.21 bits per heavy atom. The van der Waals surface area contributed by atoms with E-state index < -0.39 is 31.8 Å². The van der Waals surface area contributed by atoms with Crippen LogP contribution in [0.1, 0.15) is 6.92 Å². The van der Waals surface area contributed by atoms with Crippen molar-refractivity contribution in [2.45, 2.75) is 19.8 Å². The van der Waals surface area contributed by atoms with E-state index in [1.165, 1.54) is 6.92 Å². The Morgan fingerprint density at radius 3 is 1.79 bits per heavy atom. The molecular formula is C8H11F4NO. The first-order valence-electron chi connectivity index (χ1n) is 3.85. The van der Waals surface area contributed by atoms with Crippen molar-refractivity contribution in [2.75, 3.05) is 13.1 Å². The molecule has 2 nitrogen and oxygen atoms in total. The van der Waals surface area contributed by atoms with Crippen molar-refractivity contribution in [3.8, 4) is 0 Å². The lowest BCUT2D eigenvalue weighted by atomic mass is 10.3. The Bertz CT molecular complexity index is 207. The molecule has 82 valence electrons. The monoisotopic (exact) mass is 213 g/mol. The first-order chi connectivity index (χ1) is 6.34. The van der Waals surface area contributed by atoms with Crippen LogP contribution in [0.15, 0.2) is 12.2 Å². The topological polar surface area (TPSA) is 20.3 Å². The molecule has 0 atom stereocenters. The summed E-state index contributed by atoms with van der Waals surface area (Å²) in [6.45, 7) is 2.51. The lowest BCUT2D eigenvalue weighted by Crippen LogP contribution is -2.38. The summed E-state index contributed by atoms with van der Waals surface area (Å²) in [6, 6.07) is 0. The summed E-state index contributed by atoms with van der Waals surface area (Å²) in [5.41, 5.74) is -0.0358. The maximum atomic E-state index is 11.9. The highest BCUT2D eigenvalue weighted by Crippen LogP contribution is 2.06. The SMILES string of the molecule is C=C(C)C(=O)N(CC(F)F)CC(F)F. The zero-order valence-corrected chi connectivity index (χ0v) is 7.64. The average molecular weight is 213 g/mol. The van der Waals surface area contributed by atoms with E-state index in [-0.39, 0.29) is 5.57 Å². The molecule has 14 heavy (non-hydrogen) atoms. The number of hydrogen-bond acceptors (Lipinski definition) is 1. The predicted octanol–water partition coefficient (Wildman–Crippen LogP) is 1.92. The van der Waals surface area contributed by atoms with Crippen LogP contribution in [-0.4, -0.2) is 36.7 Å². The van der Waals surface area contributed by atoms with Gasteiger partial charge in [-0.3, -0.25) is 4.79 Å². The van der Waals surface area contributed by atoms with Crippen molar-refractivity contribution in [1.29, 1.82) is 0 Å². The summed E-state index contributed by atoms with van der Waals surface area (Å²) < 4.78 is 47.6. The van der Waals surface area contributed by atoms with Gasteiger partial charge in [0.25, 0.3) is 12.9 Å². The lowest BCUT2D eigenvalue weighted by molar-refractivity contribution is -0.131. The van der Waals surface area contributed by atoms with Gasteiger partial charge in [-0.05, 0) is 6.92 Å². The van der Waals surface area contributed by atoms with Crippen LogP contribution in [0.4, 0.5) is 17.6 Å². The molecule has 0 rings (SSSR count). The van der Waals surface area contributed by atoms with Crippen molar-refractivity contribution in [2.24, 2.45) is 0 Å². The smallest absolute Gasteiger partial charge is 0.255 e. The number of nitrogens with zero attached hydrogens (tertiary/aromatic N) is 1. The minimum absolute atomic E-state index is 0.0358. The molecule has 0 aromatic rings. The van der Waals surface area contributed by atoms with E-state index >= 15 is 0 Å². The van der Waals surface area contributed by atoms with E-state index in [0.29, 0.717) is 4.90 Å². The van der Waals surface area contributed by atoms with E-state index in [1.807, 2.05) is 0 Å². The van der Waals surface area contributed by atoms with Crippen molar-refractivity contribution < 1.29 is 22.4 Å². The number of carbonyl (C=O) groups excluding carboxylic acids is 1. The van der Waals surface area contributed by atoms with Crippen LogP contribution in [0.3, 0.4) is 0 Å². The molecule has 0 saturated carbocycles. The van der Waals surface area contributed by atoms with Crippen LogP contribution < -0.4 is 0 Å². The molecule has 0 radical (unpaired) electrons. The van der Waals surface area contributed by atoms with E-state index in [2.05, 4.69) is 6.58 Å². The zero-order chi connectivity index (χ0) is 11.3. The molecule has 0 aromatic heterocycles. The Morgan fingerprint density at radius 2 is 1.57 bits per heavy atom. The number of hydrogen-bond donors (Lipinski definition) is 0. The number of alkyl halides is 4. The zero-order valence-electron chi connectivity index (χ0n) is 7.64. The molecule has 0 aromatic carbocycles. The molecular weight excluding hydrogens is 202 g/mol. The van der Waals surface area contributed by atoms with Gasteiger partial charge >= 0.3 is 0 Å². The molecule has 0 aliphatic rings. The van der Waals surface area contributed by atoms with Gasteiger partial charge in [0.05, 0.1) is 13.1 Å². The van der Waals surface area contributed by atoms with Gasteiger partial charge in [-0.15, -0.1) is 0 Å². The average Bonchev–Trinajstić information content (AvgIpc) is 1.99. The highest BCUT2D eigenvalue weighted by atomic mass is 19.3. The fourth-order valence-corrected chi connectivity index (χ4v) is 0.843. The summed E-state index contributed by atoms with van der Waals surface area (Å²) in [5, 5.41) is 0. The van der Waals surface area contributed by atoms with Crippen LogP contribution in [-0.2, 0) is 4.79 Å². The van der Waals surface area contributed by atoms with E-state index in [4.69, 9.17) is 0 Å². The molecule has 0 aliphatic carbocycles. The molecule has 0 saturated heterocycles. The van der Waals surface area contributed by atoms with Gasteiger partial charge in [0.2, 0.25) is 5.91 Å². The summed E-state index contributed by atoms with van der Waals surface area (Å²) in [5.74, 6) is -0.870. The quantitative estimate of drug-likeness (QED) is 0.504. The van der Waals surface area contributed by atoms with Crippen LogP contribution in [0, 0.1) is 0 Å². The van der Waals surface area contributed by atoms with Gasteiger partial charge in [-0.1, -0.05) is 6.58 Å². The normalized spacial score (nSPS) is 10.8. The van der Waals surface area contributed by atoms with Gasteiger partial charge in [0.1, 0.15) is 0 Å². The highest BCUT2D eigenvalue weighted by Gasteiger charge is 2.21. The van der Waals surface area contributed by atoms with Crippen LogP contribution >= 0.6 is 0 Å². The Kier molecular flexibility index (Phi) is 5.19. The highest BCUT2D eigenvalue weighted by molar-refractivity contribution is 5.92. The standard InChI is InChI=1S/C8H11F4NO/c1-5(2)8(14)13(3-6(9)10)4-7(11)12/h6-7H,1,3-4H2,2H3. The maximum absolute atomic E-state index is 11.9. The first kappa shape index (κ1) is 12.9. The molecule has 0 spiro atoms. The number of amides is 1. The second-order valence-electron chi connectivity index (χ2n) is 2.77. The van der Waals surface area contributed by atoms with Gasteiger partial charge in [-0.2, -0.15) is 0 Å². The molecule has 0 unspecified atom stereocenters. The third-order valence-electron chi connectivity index (χ3n) is 1.37. The predicted molar refractivity (Wildman–Crippen MR) is 43.4 cm³/mol. The molecule has 1 amide bonds. The van der Waals surface area contributed by atoms with E-state index in [9.17, 15) is 22.4 Å². The molecule has 0 fully saturated rings. The second-order valence-corrected chi connectivity index (χ2v) is 2.77. The van der Waals surface area contributed by atoms with Crippen molar-refractivity contribution >= 4 is 5.91 Å². The fraction of sp³-hybridized carbons (Fsp3) is 0.625. The number of carbonyl (C=O) groups is 1. The van der Waals surface area contributed by atoms with Crippen molar-refractivity contribution in [1.82, 2.24) is 4.90 Å². The van der Waals surface area contributed by atoms with Crippen molar-refractivity contribution in [3.05, 3.63) is 12.2 Å². The first-order valence-corrected chi connectivity index (χ1v) is 3.85. The summed E-state index contributed by atoms with van der Waals surface area (Å²) >= 11 is 0. The minimum Gasteiger partial charge on any atom is -0.327 e. The van der Waals surface area contributed by atoms with Crippen LogP contribution in [0.2, 0.25) is 0 Å². The number of rotatable bonds is 5. The van der Waals surface area contributed by atoms with Crippen molar-refractivity contribution in [3.63, 3.8) is 0 Å². The van der Waals surface area contributed by atoms with Gasteiger partial charge in [0.15, 0.2) is 0 Å². The Hall–Kier alpha value is -1.07. The largest absolute Gasteiger partial charge is 0.327 e. The molecule has 0 heterocycles. The maximum Gasteiger partial charge on any atom is 0.255 e. The molecule has 6 heteroatoms. The molecule has 0 aliphatic heterocycles. The van der Waals surface area contributed by atoms with Crippen LogP contribution in [0.25, 0.3) is 0 Å². The van der Waals surface area contributed by atoms with E-state index in [1.54, 1.807) is 0 Å². The minimum atomic E-state index is -2.82. The van der Waals surface area contributed by atoms with Crippen LogP contribution in [0.5, 0.6) is 0 Å². The molecule has 0 bridgehead atoms. The Labute approximate surface area is 79.2 Å². The second kappa shape index (κ2) is 5.62. The third kappa shape index (κ3) is 4.84.